The molecule has 0 radical (unpaired) electrons. The second kappa shape index (κ2) is 27.1. The Morgan fingerprint density at radius 3 is 1.46 bits per heavy atom. The minimum Gasteiger partial charge on any atom is -0.488 e. The number of fused-ring (bicyclic) bond motifs is 2. The summed E-state index contributed by atoms with van der Waals surface area (Å²) in [6.45, 7) is -0.912. The van der Waals surface area contributed by atoms with Crippen LogP contribution in [0.15, 0.2) is 83.3 Å². The number of carbonyl (C=O) groups is 8. The molecule has 0 saturated heterocycles. The number of hydrogen-bond acceptors (Lipinski definition) is 22. The van der Waals surface area contributed by atoms with E-state index in [1.54, 1.807) is 42.5 Å². The third-order valence-corrected chi connectivity index (χ3v) is 10.3. The third-order valence-electron chi connectivity index (χ3n) is 10.3. The number of carbonyl (C=O) groups excluding carboxylic acids is 8. The van der Waals surface area contributed by atoms with E-state index in [4.69, 9.17) is 51.8 Å². The molecule has 0 atom stereocenters. The lowest BCUT2D eigenvalue weighted by atomic mass is 9.93. The van der Waals surface area contributed by atoms with Crippen LogP contribution in [-0.2, 0) is 76.3 Å². The highest BCUT2D eigenvalue weighted by molar-refractivity contribution is 6.03. The number of benzene rings is 4. The lowest BCUT2D eigenvalue weighted by Gasteiger charge is -2.26. The lowest BCUT2D eigenvalue weighted by molar-refractivity contribution is -0.167. The number of para-hydroxylation sites is 2. The largest absolute Gasteiger partial charge is 0.488 e. The Kier molecular flexibility index (Phi) is 20.5. The molecule has 0 N–H and O–H groups in total. The maximum absolute atomic E-state index is 13.3. The molecule has 2 aliphatic rings. The Balaban J connectivity index is 1.56. The molecule has 0 saturated carbocycles. The van der Waals surface area contributed by atoms with Crippen LogP contribution in [0.1, 0.15) is 27.7 Å². The van der Waals surface area contributed by atoms with E-state index in [0.717, 1.165) is 55.3 Å². The minimum atomic E-state index is -0.904. The molecular weight excluding hydrogens is 973 g/mol. The van der Waals surface area contributed by atoms with Crippen LogP contribution < -0.4 is 34.1 Å². The Labute approximate surface area is 424 Å². The summed E-state index contributed by atoms with van der Waals surface area (Å²) >= 11 is 0. The van der Waals surface area contributed by atoms with Crippen molar-refractivity contribution in [1.82, 2.24) is 4.58 Å². The van der Waals surface area contributed by atoms with Gasteiger partial charge in [0.1, 0.15) is 76.3 Å². The first-order chi connectivity index (χ1) is 35.3. The van der Waals surface area contributed by atoms with Gasteiger partial charge in [0.2, 0.25) is 32.5 Å². The monoisotopic (exact) mass is 1030 g/mol. The summed E-state index contributed by atoms with van der Waals surface area (Å²) in [5.74, 6) is -5.49. The zero-order valence-corrected chi connectivity index (χ0v) is 42.1. The van der Waals surface area contributed by atoms with E-state index in [0.29, 0.717) is 16.9 Å². The molecule has 1 heterocycles. The fourth-order valence-electron chi connectivity index (χ4n) is 6.90. The summed E-state index contributed by atoms with van der Waals surface area (Å²) in [4.78, 5) is 102. The van der Waals surface area contributed by atoms with Gasteiger partial charge in [-0.1, -0.05) is 18.2 Å². The van der Waals surface area contributed by atoms with Crippen LogP contribution in [0.4, 0.5) is 17.1 Å². The van der Waals surface area contributed by atoms with Gasteiger partial charge < -0.3 is 66.5 Å². The predicted octanol–water partition coefficient (Wildman–Crippen LogP) is 3.63. The smallest absolute Gasteiger partial charge is 0.328 e. The number of anilines is 3. The molecular formula is C51H57N4O19+. The summed E-state index contributed by atoms with van der Waals surface area (Å²) < 4.78 is 60.5. The molecule has 1 aliphatic carbocycles. The standard InChI is InChI=1S/C51H57N4O19/c1-32(56)66-28-70-47(60)24-54(25-48(61)71-29-67-33(2)57)41-11-9-10-12-43(41)64-19-20-65-46-21-36(13-18-42(46)55(26-49(62)72-30-68-34(3)58)27-50(63)73-31-69-35(4)59)51-39-16-14-37(52(5)6)22-44(39)74-45-23-38(53(7)8)15-17-40(45)51/h9-18,21-23H,19-20,24-31H2,1-8H3/q+1. The van der Waals surface area contributed by atoms with Crippen molar-refractivity contribution in [1.29, 1.82) is 0 Å². The number of esters is 8. The molecule has 5 rings (SSSR count). The van der Waals surface area contributed by atoms with Gasteiger partial charge in [-0.3, -0.25) is 38.4 Å². The van der Waals surface area contributed by atoms with Crippen molar-refractivity contribution in [2.45, 2.75) is 27.7 Å². The van der Waals surface area contributed by atoms with Crippen molar-refractivity contribution in [3.05, 3.63) is 84.2 Å². The molecule has 0 fully saturated rings. The molecule has 0 unspecified atom stereocenters. The van der Waals surface area contributed by atoms with Crippen molar-refractivity contribution in [2.75, 3.05) is 109 Å². The van der Waals surface area contributed by atoms with Gasteiger partial charge in [0.25, 0.3) is 0 Å². The first-order valence-electron chi connectivity index (χ1n) is 22.6. The second-order valence-corrected chi connectivity index (χ2v) is 16.3. The molecule has 0 spiro atoms. The van der Waals surface area contributed by atoms with Gasteiger partial charge in [0, 0.05) is 76.1 Å². The minimum absolute atomic E-state index is 0.129. The van der Waals surface area contributed by atoms with E-state index in [1.165, 1.54) is 9.80 Å². The summed E-state index contributed by atoms with van der Waals surface area (Å²) in [5.41, 5.74) is 3.99. The molecule has 3 aromatic rings. The first kappa shape index (κ1) is 56.0. The van der Waals surface area contributed by atoms with Crippen molar-refractivity contribution < 1.29 is 90.1 Å². The Morgan fingerprint density at radius 2 is 0.986 bits per heavy atom. The van der Waals surface area contributed by atoms with Gasteiger partial charge in [-0.2, -0.15) is 0 Å². The first-order valence-corrected chi connectivity index (χ1v) is 22.6. The van der Waals surface area contributed by atoms with Crippen LogP contribution in [0, 0.1) is 0 Å². The van der Waals surface area contributed by atoms with Crippen LogP contribution >= 0.6 is 0 Å². The quantitative estimate of drug-likeness (QED) is 0.0202. The van der Waals surface area contributed by atoms with Crippen molar-refractivity contribution in [3.8, 4) is 33.9 Å². The SMILES string of the molecule is CC(=O)OCOC(=O)CN(CC(=O)OCOC(C)=O)c1ccccc1OCCOc1cc(-c2c3ccc(=[N+](C)C)cc-3oc3cc(N(C)C)ccc23)ccc1N(CC(=O)OCOC(C)=O)CC(=O)OCOC(C)=O. The van der Waals surface area contributed by atoms with Gasteiger partial charge in [-0.25, -0.2) is 4.58 Å². The topological polar surface area (TPSA) is 255 Å². The summed E-state index contributed by atoms with van der Waals surface area (Å²) in [6.07, 6.45) is 0. The molecule has 0 amide bonds. The zero-order valence-electron chi connectivity index (χ0n) is 42.1. The van der Waals surface area contributed by atoms with E-state index >= 15 is 0 Å². The fourth-order valence-corrected chi connectivity index (χ4v) is 6.90. The molecule has 23 heteroatoms. The summed E-state index contributed by atoms with van der Waals surface area (Å²) in [7, 11) is 7.65. The number of rotatable bonds is 25. The highest BCUT2D eigenvalue weighted by Crippen LogP contribution is 2.43. The predicted molar refractivity (Wildman–Crippen MR) is 262 cm³/mol. The Bertz CT molecular complexity index is 2820. The van der Waals surface area contributed by atoms with E-state index in [9.17, 15) is 38.4 Å². The highest BCUT2D eigenvalue weighted by Gasteiger charge is 2.26. The maximum Gasteiger partial charge on any atom is 0.328 e. The average Bonchev–Trinajstić information content (AvgIpc) is 3.33. The van der Waals surface area contributed by atoms with E-state index in [1.807, 2.05) is 74.1 Å². The van der Waals surface area contributed by atoms with Crippen LogP contribution in [-0.4, -0.2) is 143 Å². The highest BCUT2D eigenvalue weighted by atomic mass is 16.7. The van der Waals surface area contributed by atoms with Crippen LogP contribution in [0.5, 0.6) is 11.5 Å². The van der Waals surface area contributed by atoms with Gasteiger partial charge in [0.15, 0.2) is 0 Å². The fraction of sp³-hybridized carbons (Fsp3) is 0.353. The zero-order chi connectivity index (χ0) is 53.9. The van der Waals surface area contributed by atoms with Crippen molar-refractivity contribution in [2.24, 2.45) is 0 Å². The molecule has 3 aromatic carbocycles. The molecule has 0 bridgehead atoms. The van der Waals surface area contributed by atoms with Gasteiger partial charge in [-0.05, 0) is 48.0 Å². The van der Waals surface area contributed by atoms with Gasteiger partial charge in [-0.15, -0.1) is 0 Å². The number of hydrogen-bond donors (Lipinski definition) is 0. The molecule has 0 aromatic heterocycles. The van der Waals surface area contributed by atoms with E-state index in [2.05, 4.69) is 0 Å². The van der Waals surface area contributed by atoms with Crippen molar-refractivity contribution >= 4 is 75.8 Å². The second-order valence-electron chi connectivity index (χ2n) is 16.3. The summed E-state index contributed by atoms with van der Waals surface area (Å²) in [6, 6.07) is 23.1. The number of nitrogens with zero attached hydrogens (tertiary/aromatic N) is 4. The third kappa shape index (κ3) is 16.9. The van der Waals surface area contributed by atoms with E-state index in [-0.39, 0.29) is 36.1 Å². The molecule has 74 heavy (non-hydrogen) atoms. The number of ether oxygens (including phenoxy) is 10. The Morgan fingerprint density at radius 1 is 0.514 bits per heavy atom. The van der Waals surface area contributed by atoms with Gasteiger partial charge in [0.05, 0.1) is 17.4 Å². The lowest BCUT2D eigenvalue weighted by Crippen LogP contribution is -2.37. The molecule has 1 aliphatic heterocycles. The summed E-state index contributed by atoms with van der Waals surface area (Å²) in [5, 5.41) is 1.63. The Hall–Kier alpha value is -8.89. The maximum atomic E-state index is 13.3. The van der Waals surface area contributed by atoms with Crippen molar-refractivity contribution in [3.63, 3.8) is 0 Å². The molecule has 23 nitrogen and oxygen atoms in total. The normalized spacial score (nSPS) is 10.6. The van der Waals surface area contributed by atoms with Gasteiger partial charge >= 0.3 is 47.8 Å². The van der Waals surface area contributed by atoms with Crippen LogP contribution in [0.25, 0.3) is 33.4 Å². The average molecular weight is 1030 g/mol. The van der Waals surface area contributed by atoms with E-state index < -0.39 is 101 Å². The van der Waals surface area contributed by atoms with Crippen LogP contribution in [0.2, 0.25) is 0 Å². The van der Waals surface area contributed by atoms with Crippen LogP contribution in [0.3, 0.4) is 0 Å². The molecule has 394 valence electrons.